The molecule has 4 rings (SSSR count). The van der Waals surface area contributed by atoms with Crippen LogP contribution in [0.3, 0.4) is 0 Å². The molecule has 0 atom stereocenters. The number of carbonyl (C=O) groups excluding carboxylic acids is 2. The maximum Gasteiger partial charge on any atom is 0.266 e. The summed E-state index contributed by atoms with van der Waals surface area (Å²) in [7, 11) is 0. The van der Waals surface area contributed by atoms with Crippen molar-refractivity contribution in [2.45, 2.75) is 13.8 Å². The Bertz CT molecular complexity index is 1110. The first-order valence-electron chi connectivity index (χ1n) is 9.28. The van der Waals surface area contributed by atoms with Crippen LogP contribution in [0.25, 0.3) is 10.2 Å². The molecule has 3 aromatic rings. The Balaban J connectivity index is 1.79. The molecule has 1 aliphatic heterocycles. The van der Waals surface area contributed by atoms with Crippen LogP contribution in [0.4, 0.5) is 10.1 Å². The van der Waals surface area contributed by atoms with Gasteiger partial charge in [-0.1, -0.05) is 6.07 Å². The van der Waals surface area contributed by atoms with Gasteiger partial charge in [-0.15, -0.1) is 11.3 Å². The van der Waals surface area contributed by atoms with Crippen LogP contribution in [0.15, 0.2) is 30.3 Å². The van der Waals surface area contributed by atoms with Gasteiger partial charge in [-0.25, -0.2) is 9.37 Å². The van der Waals surface area contributed by atoms with Crippen LogP contribution in [0.1, 0.15) is 31.3 Å². The third-order valence-corrected chi connectivity index (χ3v) is 5.88. The van der Waals surface area contributed by atoms with Gasteiger partial charge < -0.3 is 15.0 Å². The van der Waals surface area contributed by atoms with E-state index in [4.69, 9.17) is 4.74 Å². The average Bonchev–Trinajstić information content (AvgIpc) is 3.06. The number of rotatable bonds is 3. The normalized spacial score (nSPS) is 14.2. The first kappa shape index (κ1) is 19.5. The van der Waals surface area contributed by atoms with Crippen molar-refractivity contribution in [2.24, 2.45) is 0 Å². The smallest absolute Gasteiger partial charge is 0.266 e. The highest BCUT2D eigenvalue weighted by atomic mass is 32.1. The van der Waals surface area contributed by atoms with Gasteiger partial charge in [0.05, 0.1) is 18.9 Å². The number of halogens is 1. The molecule has 2 aromatic heterocycles. The molecule has 0 radical (unpaired) electrons. The lowest BCUT2D eigenvalue weighted by Crippen LogP contribution is -2.40. The summed E-state index contributed by atoms with van der Waals surface area (Å²) in [5.74, 6) is -1.13. The molecule has 0 unspecified atom stereocenters. The molecule has 0 spiro atoms. The van der Waals surface area contributed by atoms with Crippen LogP contribution >= 0.6 is 11.3 Å². The number of ether oxygens (including phenoxy) is 1. The van der Waals surface area contributed by atoms with Crippen molar-refractivity contribution in [1.82, 2.24) is 9.88 Å². The third-order valence-electron chi connectivity index (χ3n) is 4.81. The number of hydrogen-bond donors (Lipinski definition) is 1. The van der Waals surface area contributed by atoms with Crippen LogP contribution < -0.4 is 5.32 Å². The topological polar surface area (TPSA) is 71.5 Å². The molecular formula is C21H20FN3O3S. The van der Waals surface area contributed by atoms with E-state index in [1.807, 2.05) is 19.9 Å². The van der Waals surface area contributed by atoms with E-state index in [9.17, 15) is 14.0 Å². The summed E-state index contributed by atoms with van der Waals surface area (Å²) in [4.78, 5) is 33.4. The van der Waals surface area contributed by atoms with E-state index >= 15 is 0 Å². The Morgan fingerprint density at radius 2 is 1.97 bits per heavy atom. The van der Waals surface area contributed by atoms with Gasteiger partial charge in [-0.2, -0.15) is 0 Å². The second-order valence-electron chi connectivity index (χ2n) is 6.94. The molecule has 2 amide bonds. The minimum Gasteiger partial charge on any atom is -0.378 e. The number of nitrogens with zero attached hydrogens (tertiary/aromatic N) is 2. The molecule has 150 valence electrons. The molecule has 1 saturated heterocycles. The number of morpholine rings is 1. The number of aromatic nitrogens is 1. The van der Waals surface area contributed by atoms with Gasteiger partial charge >= 0.3 is 0 Å². The number of carbonyl (C=O) groups is 2. The second kappa shape index (κ2) is 7.88. The van der Waals surface area contributed by atoms with Gasteiger partial charge in [0.1, 0.15) is 15.5 Å². The molecule has 6 nitrogen and oxygen atoms in total. The fourth-order valence-electron chi connectivity index (χ4n) is 3.44. The molecule has 1 aromatic carbocycles. The maximum atomic E-state index is 13.6. The molecule has 0 aliphatic carbocycles. The number of aryl methyl sites for hydroxylation is 2. The number of nitrogens with one attached hydrogen (secondary N) is 1. The largest absolute Gasteiger partial charge is 0.378 e. The van der Waals surface area contributed by atoms with Gasteiger partial charge in [0, 0.05) is 29.7 Å². The van der Waals surface area contributed by atoms with Crippen LogP contribution in [-0.2, 0) is 4.74 Å². The zero-order valence-electron chi connectivity index (χ0n) is 16.1. The summed E-state index contributed by atoms with van der Waals surface area (Å²) in [6.07, 6.45) is 0. The van der Waals surface area contributed by atoms with Crippen molar-refractivity contribution in [1.29, 1.82) is 0 Å². The molecule has 1 fully saturated rings. The molecule has 3 heterocycles. The number of amides is 2. The Morgan fingerprint density at radius 1 is 1.21 bits per heavy atom. The van der Waals surface area contributed by atoms with Crippen molar-refractivity contribution >= 4 is 39.1 Å². The summed E-state index contributed by atoms with van der Waals surface area (Å²) in [6, 6.07) is 7.37. The lowest BCUT2D eigenvalue weighted by molar-refractivity contribution is 0.0307. The summed E-state index contributed by atoms with van der Waals surface area (Å²) in [6.45, 7) is 5.77. The molecule has 29 heavy (non-hydrogen) atoms. The van der Waals surface area contributed by atoms with Gasteiger partial charge in [0.15, 0.2) is 0 Å². The van der Waals surface area contributed by atoms with Gasteiger partial charge in [0.2, 0.25) is 0 Å². The van der Waals surface area contributed by atoms with Crippen LogP contribution in [0.2, 0.25) is 0 Å². The van der Waals surface area contributed by atoms with Crippen LogP contribution in [0.5, 0.6) is 0 Å². The predicted octanol–water partition coefficient (Wildman–Crippen LogP) is 3.78. The average molecular weight is 413 g/mol. The van der Waals surface area contributed by atoms with Crippen molar-refractivity contribution in [3.63, 3.8) is 0 Å². The van der Waals surface area contributed by atoms with E-state index < -0.39 is 11.7 Å². The van der Waals surface area contributed by atoms with Gasteiger partial charge in [-0.3, -0.25) is 9.59 Å². The maximum absolute atomic E-state index is 13.6. The van der Waals surface area contributed by atoms with E-state index in [0.717, 1.165) is 16.6 Å². The van der Waals surface area contributed by atoms with E-state index in [-0.39, 0.29) is 11.5 Å². The molecule has 1 aliphatic rings. The summed E-state index contributed by atoms with van der Waals surface area (Å²) < 4.78 is 18.9. The number of fused-ring (bicyclic) bond motifs is 1. The zero-order chi connectivity index (χ0) is 20.5. The lowest BCUT2D eigenvalue weighted by Gasteiger charge is -2.26. The summed E-state index contributed by atoms with van der Waals surface area (Å²) in [5.41, 5.74) is 2.37. The Hall–Kier alpha value is -2.84. The zero-order valence-corrected chi connectivity index (χ0v) is 16.9. The Kier molecular flexibility index (Phi) is 5.29. The van der Waals surface area contributed by atoms with Gasteiger partial charge in [-0.05, 0) is 43.7 Å². The third kappa shape index (κ3) is 3.86. The highest BCUT2D eigenvalue weighted by molar-refractivity contribution is 7.21. The van der Waals surface area contributed by atoms with Crippen LogP contribution in [-0.4, -0.2) is 48.0 Å². The highest BCUT2D eigenvalue weighted by Crippen LogP contribution is 2.38. The Morgan fingerprint density at radius 3 is 2.69 bits per heavy atom. The summed E-state index contributed by atoms with van der Waals surface area (Å²) >= 11 is 1.26. The standard InChI is InChI=1S/C21H20FN3O3S/c1-12-10-13(2)23-20-16(12)17(24-19(26)14-4-3-5-15(22)11-14)18(29-20)21(27)25-6-8-28-9-7-25/h3-5,10-11H,6-9H2,1-2H3,(H,24,26). The monoisotopic (exact) mass is 413 g/mol. The Labute approximate surface area is 171 Å². The molecule has 1 N–H and O–H groups in total. The van der Waals surface area contributed by atoms with Gasteiger partial charge in [0.25, 0.3) is 11.8 Å². The van der Waals surface area contributed by atoms with Crippen molar-refractivity contribution < 1.29 is 18.7 Å². The fraction of sp³-hybridized carbons (Fsp3) is 0.286. The molecule has 0 saturated carbocycles. The number of thiophene rings is 1. The molecular weight excluding hydrogens is 393 g/mol. The highest BCUT2D eigenvalue weighted by Gasteiger charge is 2.27. The summed E-state index contributed by atoms with van der Waals surface area (Å²) in [5, 5.41) is 3.58. The fourth-order valence-corrected chi connectivity index (χ4v) is 4.66. The number of benzene rings is 1. The van der Waals surface area contributed by atoms with Crippen LogP contribution in [0, 0.1) is 19.7 Å². The molecule has 0 bridgehead atoms. The van der Waals surface area contributed by atoms with Crippen molar-refractivity contribution in [3.8, 4) is 0 Å². The SMILES string of the molecule is Cc1cc(C)c2c(NC(=O)c3cccc(F)c3)c(C(=O)N3CCOCC3)sc2n1. The van der Waals surface area contributed by atoms with Crippen molar-refractivity contribution in [2.75, 3.05) is 31.6 Å². The van der Waals surface area contributed by atoms with Crippen molar-refractivity contribution in [3.05, 3.63) is 57.8 Å². The second-order valence-corrected chi connectivity index (χ2v) is 7.93. The minimum absolute atomic E-state index is 0.164. The minimum atomic E-state index is -0.495. The predicted molar refractivity (Wildman–Crippen MR) is 110 cm³/mol. The van der Waals surface area contributed by atoms with E-state index in [1.54, 1.807) is 4.90 Å². The van der Waals surface area contributed by atoms with E-state index in [2.05, 4.69) is 10.3 Å². The first-order chi connectivity index (χ1) is 13.9. The van der Waals surface area contributed by atoms with E-state index in [1.165, 1.54) is 35.6 Å². The first-order valence-corrected chi connectivity index (χ1v) is 10.1. The number of hydrogen-bond acceptors (Lipinski definition) is 5. The lowest BCUT2D eigenvalue weighted by atomic mass is 10.1. The molecule has 8 heteroatoms. The number of anilines is 1. The number of pyridine rings is 1. The quantitative estimate of drug-likeness (QED) is 0.709. The van der Waals surface area contributed by atoms with E-state index in [0.29, 0.717) is 41.7 Å².